The molecule has 1 atom stereocenters. The highest BCUT2D eigenvalue weighted by Gasteiger charge is 2.35. The van der Waals surface area contributed by atoms with Crippen molar-refractivity contribution < 1.29 is 19.2 Å². The van der Waals surface area contributed by atoms with Crippen LogP contribution in [0.15, 0.2) is 69.6 Å². The number of para-hydroxylation sites is 1. The Hall–Kier alpha value is -3.94. The molecular weight excluding hydrogens is 754 g/mol. The van der Waals surface area contributed by atoms with Crippen molar-refractivity contribution in [3.8, 4) is 0 Å². The zero-order valence-corrected chi connectivity index (χ0v) is 30.6. The summed E-state index contributed by atoms with van der Waals surface area (Å²) in [4.78, 5) is 62.5. The molecule has 0 radical (unpaired) electrons. The number of urea groups is 1. The molecule has 0 aliphatic carbocycles. The monoisotopic (exact) mass is 793 g/mol. The van der Waals surface area contributed by atoms with Crippen LogP contribution in [0.4, 0.5) is 21.9 Å². The number of nitrogens with one attached hydrogen (secondary N) is 2. The number of benzene rings is 3. The SMILES string of the molecule is CN1CCN(c2ccc(C(=O)N[C@H](CC(=O)c3cc(Br)c(N)c(Br)c3)C(=O)N3CCC(N4CCc5ccccc5NC4=O)CC3)cc2)CC1. The van der Waals surface area contributed by atoms with Gasteiger partial charge < -0.3 is 36.0 Å². The highest BCUT2D eigenvalue weighted by Crippen LogP contribution is 2.31. The summed E-state index contributed by atoms with van der Waals surface area (Å²) in [6, 6.07) is 17.2. The third-order valence-corrected chi connectivity index (χ3v) is 11.1. The van der Waals surface area contributed by atoms with Gasteiger partial charge in [-0.05, 0) is 106 Å². The van der Waals surface area contributed by atoms with E-state index in [1.54, 1.807) is 29.2 Å². The number of fused-ring (bicyclic) bond motifs is 1. The van der Waals surface area contributed by atoms with E-state index in [1.807, 2.05) is 41.3 Å². The van der Waals surface area contributed by atoms with Crippen LogP contribution in [0.2, 0.25) is 0 Å². The second-order valence-electron chi connectivity index (χ2n) is 12.9. The van der Waals surface area contributed by atoms with E-state index in [2.05, 4.69) is 59.3 Å². The Balaban J connectivity index is 1.14. The summed E-state index contributed by atoms with van der Waals surface area (Å²) in [6.45, 7) is 5.15. The molecule has 3 aliphatic heterocycles. The Kier molecular flexibility index (Phi) is 10.9. The zero-order valence-electron chi connectivity index (χ0n) is 27.5. The number of likely N-dealkylation sites (tertiary alicyclic amines) is 1. The lowest BCUT2D eigenvalue weighted by atomic mass is 9.99. The van der Waals surface area contributed by atoms with E-state index in [9.17, 15) is 19.2 Å². The first-order valence-corrected chi connectivity index (χ1v) is 18.2. The Morgan fingerprint density at radius 3 is 2.22 bits per heavy atom. The molecule has 0 bridgehead atoms. The van der Waals surface area contributed by atoms with Gasteiger partial charge in [-0.25, -0.2) is 4.79 Å². The molecule has 2 saturated heterocycles. The van der Waals surface area contributed by atoms with Gasteiger partial charge in [0, 0.05) is 89.7 Å². The first-order valence-electron chi connectivity index (χ1n) is 16.6. The van der Waals surface area contributed by atoms with Crippen LogP contribution >= 0.6 is 31.9 Å². The van der Waals surface area contributed by atoms with E-state index in [1.165, 1.54) is 0 Å². The second kappa shape index (κ2) is 15.3. The Morgan fingerprint density at radius 1 is 0.898 bits per heavy atom. The number of amides is 4. The maximum absolute atomic E-state index is 14.1. The van der Waals surface area contributed by atoms with Gasteiger partial charge in [-0.15, -0.1) is 0 Å². The van der Waals surface area contributed by atoms with Crippen LogP contribution in [0.3, 0.4) is 0 Å². The molecule has 0 spiro atoms. The number of carbonyl (C=O) groups is 4. The molecule has 3 aromatic carbocycles. The van der Waals surface area contributed by atoms with Crippen LogP contribution in [0.1, 0.15) is 45.5 Å². The third kappa shape index (κ3) is 8.11. The van der Waals surface area contributed by atoms with Gasteiger partial charge in [0.2, 0.25) is 5.91 Å². The summed E-state index contributed by atoms with van der Waals surface area (Å²) in [7, 11) is 2.11. The molecule has 3 aromatic rings. The fourth-order valence-electron chi connectivity index (χ4n) is 6.73. The number of nitrogens with zero attached hydrogens (tertiary/aromatic N) is 4. The number of piperidine rings is 1. The van der Waals surface area contributed by atoms with Crippen molar-refractivity contribution in [2.45, 2.75) is 37.8 Å². The van der Waals surface area contributed by atoms with E-state index in [-0.39, 0.29) is 30.2 Å². The maximum atomic E-state index is 14.1. The molecule has 3 aliphatic rings. The summed E-state index contributed by atoms with van der Waals surface area (Å²) < 4.78 is 1.11. The summed E-state index contributed by atoms with van der Waals surface area (Å²) in [6.07, 6.45) is 1.71. The fourth-order valence-corrected chi connectivity index (χ4v) is 7.92. The zero-order chi connectivity index (χ0) is 34.7. The van der Waals surface area contributed by atoms with Crippen molar-refractivity contribution in [2.75, 3.05) is 68.8 Å². The third-order valence-electron chi connectivity index (χ3n) is 9.75. The average molecular weight is 796 g/mol. The number of nitrogen functional groups attached to an aromatic ring is 1. The molecule has 11 nitrogen and oxygen atoms in total. The van der Waals surface area contributed by atoms with Gasteiger partial charge in [-0.3, -0.25) is 14.4 Å². The molecule has 0 unspecified atom stereocenters. The van der Waals surface area contributed by atoms with Crippen LogP contribution in [-0.4, -0.2) is 103 Å². The molecule has 13 heteroatoms. The van der Waals surface area contributed by atoms with Crippen LogP contribution in [0.25, 0.3) is 0 Å². The fraction of sp³-hybridized carbons (Fsp3) is 0.389. The molecule has 49 heavy (non-hydrogen) atoms. The molecule has 4 N–H and O–H groups in total. The van der Waals surface area contributed by atoms with Crippen LogP contribution < -0.4 is 21.3 Å². The summed E-state index contributed by atoms with van der Waals surface area (Å²) in [5.74, 6) is -1.05. The average Bonchev–Trinajstić information content (AvgIpc) is 3.28. The number of ketones is 1. The molecule has 0 aromatic heterocycles. The Morgan fingerprint density at radius 2 is 1.55 bits per heavy atom. The predicted octanol–water partition coefficient (Wildman–Crippen LogP) is 5.00. The first kappa shape index (κ1) is 34.9. The van der Waals surface area contributed by atoms with Gasteiger partial charge in [0.15, 0.2) is 5.78 Å². The maximum Gasteiger partial charge on any atom is 0.322 e. The Bertz CT molecular complexity index is 1700. The van der Waals surface area contributed by atoms with E-state index in [0.717, 1.165) is 49.5 Å². The van der Waals surface area contributed by atoms with Gasteiger partial charge in [0.25, 0.3) is 5.91 Å². The molecule has 3 heterocycles. The number of Topliss-reactive ketones (excluding diaryl/α,β-unsaturated/α-hetero) is 1. The highest BCUT2D eigenvalue weighted by atomic mass is 79.9. The number of anilines is 3. The van der Waals surface area contributed by atoms with Crippen molar-refractivity contribution in [3.05, 3.63) is 86.3 Å². The minimum absolute atomic E-state index is 0.0312. The first-order chi connectivity index (χ1) is 23.6. The normalized spacial score (nSPS) is 17.9. The van der Waals surface area contributed by atoms with Crippen LogP contribution in [-0.2, 0) is 11.2 Å². The number of hydrogen-bond donors (Lipinski definition) is 3. The lowest BCUT2D eigenvalue weighted by Crippen LogP contribution is -2.54. The van der Waals surface area contributed by atoms with E-state index in [4.69, 9.17) is 5.73 Å². The van der Waals surface area contributed by atoms with Gasteiger partial charge in [-0.2, -0.15) is 0 Å². The number of rotatable bonds is 8. The number of hydrogen-bond acceptors (Lipinski definition) is 7. The quantitative estimate of drug-likeness (QED) is 0.216. The highest BCUT2D eigenvalue weighted by molar-refractivity contribution is 9.11. The summed E-state index contributed by atoms with van der Waals surface area (Å²) in [5, 5.41) is 5.92. The van der Waals surface area contributed by atoms with E-state index >= 15 is 0 Å². The summed E-state index contributed by atoms with van der Waals surface area (Å²) in [5.41, 5.74) is 10.2. The lowest BCUT2D eigenvalue weighted by molar-refractivity contribution is -0.134. The topological polar surface area (TPSA) is 131 Å². The lowest BCUT2D eigenvalue weighted by Gasteiger charge is -2.39. The van der Waals surface area contributed by atoms with Crippen LogP contribution in [0, 0.1) is 0 Å². The van der Waals surface area contributed by atoms with Crippen molar-refractivity contribution >= 4 is 72.6 Å². The second-order valence-corrected chi connectivity index (χ2v) is 14.6. The van der Waals surface area contributed by atoms with Crippen molar-refractivity contribution in [1.29, 1.82) is 0 Å². The van der Waals surface area contributed by atoms with Gasteiger partial charge in [0.05, 0.1) is 5.69 Å². The molecular formula is C36H41Br2N7O4. The number of piperazine rings is 1. The molecule has 6 rings (SSSR count). The molecule has 258 valence electrons. The van der Waals surface area contributed by atoms with Gasteiger partial charge in [-0.1, -0.05) is 18.2 Å². The minimum atomic E-state index is -1.08. The van der Waals surface area contributed by atoms with E-state index in [0.29, 0.717) is 58.2 Å². The predicted molar refractivity (Wildman–Crippen MR) is 198 cm³/mol. The van der Waals surface area contributed by atoms with Gasteiger partial charge >= 0.3 is 6.03 Å². The number of nitrogens with two attached hydrogens (primary N) is 1. The Labute approximate surface area is 303 Å². The van der Waals surface area contributed by atoms with Crippen molar-refractivity contribution in [2.24, 2.45) is 0 Å². The minimum Gasteiger partial charge on any atom is -0.397 e. The standard InChI is InChI=1S/C36H41Br2N7O4/c1-42-16-18-43(19-17-42)26-8-6-24(7-9-26)34(47)40-31(22-32(46)25-20-28(37)33(39)29(38)21-25)35(48)44-13-11-27(12-14-44)45-15-10-23-4-2-3-5-30(23)41-36(45)49/h2-9,20-21,27,31H,10-19,22,39H2,1H3,(H,40,47)(H,41,49)/t31-/m1/s1. The molecule has 4 amide bonds. The summed E-state index contributed by atoms with van der Waals surface area (Å²) >= 11 is 6.79. The smallest absolute Gasteiger partial charge is 0.322 e. The molecule has 2 fully saturated rings. The van der Waals surface area contributed by atoms with Gasteiger partial charge in [0.1, 0.15) is 6.04 Å². The van der Waals surface area contributed by atoms with Crippen molar-refractivity contribution in [1.82, 2.24) is 20.0 Å². The molecule has 0 saturated carbocycles. The number of halogens is 2. The number of likely N-dealkylation sites (N-methyl/N-ethyl adjacent to an activating group) is 1. The largest absolute Gasteiger partial charge is 0.397 e. The van der Waals surface area contributed by atoms with Crippen molar-refractivity contribution in [3.63, 3.8) is 0 Å². The van der Waals surface area contributed by atoms with Crippen LogP contribution in [0.5, 0.6) is 0 Å². The number of carbonyl (C=O) groups excluding carboxylic acids is 4. The van der Waals surface area contributed by atoms with E-state index < -0.39 is 11.9 Å².